The summed E-state index contributed by atoms with van der Waals surface area (Å²) in [5.74, 6) is 5.42. The number of rotatable bonds is 5. The zero-order valence-corrected chi connectivity index (χ0v) is 14.7. The maximum atomic E-state index is 13.2. The average molecular weight is 423 g/mol. The van der Waals surface area contributed by atoms with Crippen LogP contribution in [0.15, 0.2) is 18.2 Å². The van der Waals surface area contributed by atoms with Crippen LogP contribution in [0.2, 0.25) is 5.02 Å². The molecular formula is C14H17ClFIN4. The molecule has 0 spiro atoms. The number of hydrogen-bond donors (Lipinski definition) is 2. The molecule has 0 bridgehead atoms. The summed E-state index contributed by atoms with van der Waals surface area (Å²) < 4.78 is 15.8. The second kappa shape index (κ2) is 7.04. The van der Waals surface area contributed by atoms with Gasteiger partial charge < -0.3 is 0 Å². The van der Waals surface area contributed by atoms with Gasteiger partial charge in [0.15, 0.2) is 0 Å². The molecule has 2 aromatic rings. The van der Waals surface area contributed by atoms with E-state index >= 15 is 0 Å². The topological polar surface area (TPSA) is 55.9 Å². The first-order valence-corrected chi connectivity index (χ1v) is 8.04. The van der Waals surface area contributed by atoms with Gasteiger partial charge >= 0.3 is 0 Å². The van der Waals surface area contributed by atoms with Crippen LogP contribution in [0, 0.1) is 9.39 Å². The molecule has 1 unspecified atom stereocenters. The van der Waals surface area contributed by atoms with Crippen LogP contribution < -0.4 is 11.3 Å². The van der Waals surface area contributed by atoms with E-state index in [-0.39, 0.29) is 11.9 Å². The summed E-state index contributed by atoms with van der Waals surface area (Å²) in [4.78, 5) is 0. The molecule has 0 aliphatic carbocycles. The standard InChI is InChI=1S/C14H17ClFIN4/c1-3-11-14(15)13(21(2)20-11)7-12(19-18)9-5-4-8(16)6-10(9)17/h4-6,12,19H,3,7,18H2,1-2H3. The normalized spacial score (nSPS) is 12.7. The van der Waals surface area contributed by atoms with Crippen LogP contribution >= 0.6 is 34.2 Å². The van der Waals surface area contributed by atoms with Gasteiger partial charge in [-0.1, -0.05) is 24.6 Å². The Bertz CT molecular complexity index is 644. The maximum absolute atomic E-state index is 13.2. The molecule has 7 heteroatoms. The number of nitrogens with two attached hydrogens (primary N) is 1. The van der Waals surface area contributed by atoms with Crippen LogP contribution in [-0.2, 0) is 19.9 Å². The predicted octanol–water partition coefficient (Wildman–Crippen LogP) is 3.13. The fraction of sp³-hybridized carbons (Fsp3) is 0.357. The van der Waals surface area contributed by atoms with E-state index in [1.165, 1.54) is 12.1 Å². The number of hydrogen-bond acceptors (Lipinski definition) is 3. The molecule has 114 valence electrons. The fourth-order valence-corrected chi connectivity index (χ4v) is 3.50. The number of aryl methyl sites for hydroxylation is 2. The Balaban J connectivity index is 2.33. The molecule has 1 aromatic heterocycles. The van der Waals surface area contributed by atoms with Crippen molar-refractivity contribution in [2.24, 2.45) is 12.9 Å². The van der Waals surface area contributed by atoms with Crippen LogP contribution in [0.25, 0.3) is 0 Å². The van der Waals surface area contributed by atoms with E-state index in [4.69, 9.17) is 17.4 Å². The van der Waals surface area contributed by atoms with E-state index in [2.05, 4.69) is 33.1 Å². The van der Waals surface area contributed by atoms with Crippen molar-refractivity contribution in [3.05, 3.63) is 49.6 Å². The summed E-state index contributed by atoms with van der Waals surface area (Å²) >= 11 is 8.48. The Morgan fingerprint density at radius 2 is 2.24 bits per heavy atom. The van der Waals surface area contributed by atoms with Gasteiger partial charge in [-0.2, -0.15) is 5.10 Å². The van der Waals surface area contributed by atoms with E-state index < -0.39 is 0 Å². The first-order valence-electron chi connectivity index (χ1n) is 6.59. The minimum absolute atomic E-state index is 0.157. The molecule has 2 rings (SSSR count). The summed E-state index contributed by atoms with van der Waals surface area (Å²) in [7, 11) is 1.86. The number of halogens is 3. The van der Waals surface area contributed by atoms with Gasteiger partial charge in [-0.25, -0.2) is 4.39 Å². The van der Waals surface area contributed by atoms with E-state index in [9.17, 15) is 4.39 Å². The molecule has 1 atom stereocenters. The van der Waals surface area contributed by atoms with E-state index in [1.54, 1.807) is 10.7 Å². The molecule has 0 saturated carbocycles. The van der Waals surface area contributed by atoms with Crippen LogP contribution in [-0.4, -0.2) is 9.78 Å². The Kier molecular flexibility index (Phi) is 5.59. The lowest BCUT2D eigenvalue weighted by Gasteiger charge is -2.18. The Labute approximate surface area is 142 Å². The smallest absolute Gasteiger partial charge is 0.124 e. The average Bonchev–Trinajstić information content (AvgIpc) is 2.72. The molecule has 0 aliphatic rings. The second-order valence-corrected chi connectivity index (χ2v) is 6.31. The number of hydrazine groups is 1. The minimum atomic E-state index is -0.259. The van der Waals surface area contributed by atoms with E-state index in [1.807, 2.05) is 14.0 Å². The third kappa shape index (κ3) is 3.56. The van der Waals surface area contributed by atoms with Crippen LogP contribution in [0.4, 0.5) is 4.39 Å². The lowest BCUT2D eigenvalue weighted by atomic mass is 10.0. The van der Waals surface area contributed by atoms with Gasteiger partial charge in [0, 0.05) is 17.0 Å². The molecule has 0 radical (unpaired) electrons. The Morgan fingerprint density at radius 3 is 2.76 bits per heavy atom. The first-order chi connectivity index (χ1) is 9.97. The Hall–Kier alpha value is -0.700. The van der Waals surface area contributed by atoms with Crippen molar-refractivity contribution >= 4 is 34.2 Å². The van der Waals surface area contributed by atoms with Gasteiger partial charge in [0.1, 0.15) is 5.82 Å². The highest BCUT2D eigenvalue weighted by atomic mass is 127. The zero-order valence-electron chi connectivity index (χ0n) is 11.8. The molecule has 0 amide bonds. The number of aromatic nitrogens is 2. The third-order valence-electron chi connectivity index (χ3n) is 3.44. The highest BCUT2D eigenvalue weighted by Gasteiger charge is 2.20. The van der Waals surface area contributed by atoms with Crippen LogP contribution in [0.3, 0.4) is 0 Å². The monoisotopic (exact) mass is 422 g/mol. The van der Waals surface area contributed by atoms with Gasteiger partial charge in [-0.15, -0.1) is 0 Å². The molecule has 1 aromatic carbocycles. The highest BCUT2D eigenvalue weighted by molar-refractivity contribution is 14.1. The molecular weight excluding hydrogens is 406 g/mol. The number of nitrogens with zero attached hydrogens (tertiary/aromatic N) is 2. The summed E-state index contributed by atoms with van der Waals surface area (Å²) in [6, 6.07) is 4.51. The maximum Gasteiger partial charge on any atom is 0.124 e. The first kappa shape index (κ1) is 16.7. The van der Waals surface area contributed by atoms with E-state index in [0.717, 1.165) is 26.9 Å². The van der Waals surface area contributed by atoms with Crippen LogP contribution in [0.1, 0.15) is 29.9 Å². The van der Waals surface area contributed by atoms with Gasteiger partial charge in [0.2, 0.25) is 0 Å². The fourth-order valence-electron chi connectivity index (χ4n) is 2.28. The highest BCUT2D eigenvalue weighted by Crippen LogP contribution is 2.28. The number of benzene rings is 1. The molecule has 0 saturated heterocycles. The minimum Gasteiger partial charge on any atom is -0.271 e. The summed E-state index contributed by atoms with van der Waals surface area (Å²) in [6.07, 6.45) is 1.36. The van der Waals surface area contributed by atoms with Gasteiger partial charge in [-0.3, -0.25) is 16.0 Å². The molecule has 3 N–H and O–H groups in total. The summed E-state index contributed by atoms with van der Waals surface area (Å²) in [5, 5.41) is 5.08. The quantitative estimate of drug-likeness (QED) is 0.442. The molecule has 0 fully saturated rings. The third-order valence-corrected chi connectivity index (χ3v) is 4.81. The zero-order chi connectivity index (χ0) is 15.6. The van der Waals surface area contributed by atoms with E-state index in [0.29, 0.717) is 11.4 Å². The Morgan fingerprint density at radius 1 is 1.52 bits per heavy atom. The molecule has 4 nitrogen and oxygen atoms in total. The lowest BCUT2D eigenvalue weighted by molar-refractivity contribution is 0.526. The van der Waals surface area contributed by atoms with Crippen molar-refractivity contribution in [1.82, 2.24) is 15.2 Å². The van der Waals surface area contributed by atoms with Crippen LogP contribution in [0.5, 0.6) is 0 Å². The molecule has 0 aliphatic heterocycles. The van der Waals surface area contributed by atoms with Gasteiger partial charge in [-0.05, 0) is 46.7 Å². The number of nitrogens with one attached hydrogen (secondary N) is 1. The molecule has 21 heavy (non-hydrogen) atoms. The second-order valence-electron chi connectivity index (χ2n) is 4.77. The van der Waals surface area contributed by atoms with Crippen molar-refractivity contribution in [2.45, 2.75) is 25.8 Å². The SMILES string of the molecule is CCc1nn(C)c(CC(NN)c2ccc(F)cc2I)c1Cl. The van der Waals surface area contributed by atoms with Crippen molar-refractivity contribution in [2.75, 3.05) is 0 Å². The van der Waals surface area contributed by atoms with Gasteiger partial charge in [0.25, 0.3) is 0 Å². The lowest BCUT2D eigenvalue weighted by Crippen LogP contribution is -2.30. The molecule has 1 heterocycles. The summed E-state index contributed by atoms with van der Waals surface area (Å²) in [6.45, 7) is 2.01. The largest absolute Gasteiger partial charge is 0.271 e. The predicted molar refractivity (Wildman–Crippen MR) is 90.5 cm³/mol. The summed E-state index contributed by atoms with van der Waals surface area (Å²) in [5.41, 5.74) is 5.51. The van der Waals surface area contributed by atoms with Gasteiger partial charge in [0.05, 0.1) is 22.5 Å². The van der Waals surface area contributed by atoms with Crippen molar-refractivity contribution in [3.8, 4) is 0 Å². The van der Waals surface area contributed by atoms with Crippen molar-refractivity contribution < 1.29 is 4.39 Å². The van der Waals surface area contributed by atoms with Crippen molar-refractivity contribution in [3.63, 3.8) is 0 Å². The van der Waals surface area contributed by atoms with Crippen molar-refractivity contribution in [1.29, 1.82) is 0 Å².